The van der Waals surface area contributed by atoms with Crippen LogP contribution in [0.2, 0.25) is 5.02 Å². The predicted octanol–water partition coefficient (Wildman–Crippen LogP) is 4.39. The van der Waals surface area contributed by atoms with Crippen LogP contribution in [0.3, 0.4) is 0 Å². The zero-order valence-corrected chi connectivity index (χ0v) is 13.2. The highest BCUT2D eigenvalue weighted by molar-refractivity contribution is 9.10. The predicted molar refractivity (Wildman–Crippen MR) is 79.6 cm³/mol. The Hall–Kier alpha value is -1.04. The van der Waals surface area contributed by atoms with Crippen LogP contribution in [0.1, 0.15) is 12.7 Å². The SMILES string of the molecule is CC(CNCc1ccco1)Oc1cc(F)c(Cl)cc1Br. The summed E-state index contributed by atoms with van der Waals surface area (Å²) >= 11 is 8.98. The fourth-order valence-corrected chi connectivity index (χ4v) is 2.40. The molecule has 0 aliphatic rings. The second-order valence-corrected chi connectivity index (χ2v) is 5.60. The maximum atomic E-state index is 13.4. The van der Waals surface area contributed by atoms with Gasteiger partial charge in [0.05, 0.1) is 22.3 Å². The molecule has 1 N–H and O–H groups in total. The van der Waals surface area contributed by atoms with E-state index in [0.29, 0.717) is 23.3 Å². The number of halogens is 3. The fourth-order valence-electron chi connectivity index (χ4n) is 1.66. The number of rotatable bonds is 6. The van der Waals surface area contributed by atoms with Crippen molar-refractivity contribution in [3.05, 3.63) is 51.6 Å². The van der Waals surface area contributed by atoms with E-state index in [1.54, 1.807) is 6.26 Å². The van der Waals surface area contributed by atoms with E-state index < -0.39 is 5.82 Å². The van der Waals surface area contributed by atoms with Crippen molar-refractivity contribution in [2.45, 2.75) is 19.6 Å². The standard InChI is InChI=1S/C14H14BrClFNO2/c1-9(7-18-8-10-3-2-4-19-10)20-14-6-13(17)12(16)5-11(14)15/h2-6,9,18H,7-8H2,1H3. The van der Waals surface area contributed by atoms with Crippen LogP contribution < -0.4 is 10.1 Å². The molecule has 1 aromatic carbocycles. The van der Waals surface area contributed by atoms with Gasteiger partial charge in [0, 0.05) is 12.6 Å². The molecule has 0 aliphatic carbocycles. The molecule has 0 saturated carbocycles. The molecular formula is C14H14BrClFNO2. The van der Waals surface area contributed by atoms with E-state index in [1.165, 1.54) is 12.1 Å². The lowest BCUT2D eigenvalue weighted by Crippen LogP contribution is -2.28. The van der Waals surface area contributed by atoms with E-state index in [0.717, 1.165) is 5.76 Å². The first-order chi connectivity index (χ1) is 9.56. The van der Waals surface area contributed by atoms with Crippen LogP contribution in [-0.4, -0.2) is 12.6 Å². The Balaban J connectivity index is 1.85. The molecule has 1 heterocycles. The van der Waals surface area contributed by atoms with Crippen LogP contribution in [0.15, 0.2) is 39.4 Å². The van der Waals surface area contributed by atoms with Gasteiger partial charge in [-0.2, -0.15) is 0 Å². The van der Waals surface area contributed by atoms with Gasteiger partial charge in [-0.3, -0.25) is 0 Å². The number of nitrogens with one attached hydrogen (secondary N) is 1. The van der Waals surface area contributed by atoms with Crippen LogP contribution in [0.25, 0.3) is 0 Å². The van der Waals surface area contributed by atoms with E-state index in [1.807, 2.05) is 19.1 Å². The second kappa shape index (κ2) is 7.11. The lowest BCUT2D eigenvalue weighted by molar-refractivity contribution is 0.213. The summed E-state index contributed by atoms with van der Waals surface area (Å²) in [6, 6.07) is 6.49. The van der Waals surface area contributed by atoms with Gasteiger partial charge in [0.15, 0.2) is 0 Å². The van der Waals surface area contributed by atoms with Gasteiger partial charge >= 0.3 is 0 Å². The third kappa shape index (κ3) is 4.23. The minimum Gasteiger partial charge on any atom is -0.488 e. The monoisotopic (exact) mass is 361 g/mol. The number of hydrogen-bond donors (Lipinski definition) is 1. The highest BCUT2D eigenvalue weighted by atomic mass is 79.9. The highest BCUT2D eigenvalue weighted by Gasteiger charge is 2.11. The van der Waals surface area contributed by atoms with Crippen LogP contribution >= 0.6 is 27.5 Å². The molecule has 1 aromatic heterocycles. The number of hydrogen-bond acceptors (Lipinski definition) is 3. The van der Waals surface area contributed by atoms with Crippen molar-refractivity contribution in [3.8, 4) is 5.75 Å². The Morgan fingerprint density at radius 1 is 1.50 bits per heavy atom. The van der Waals surface area contributed by atoms with Gasteiger partial charge in [0.25, 0.3) is 0 Å². The molecule has 108 valence electrons. The van der Waals surface area contributed by atoms with Crippen molar-refractivity contribution in [3.63, 3.8) is 0 Å². The molecule has 3 nitrogen and oxygen atoms in total. The molecule has 0 fully saturated rings. The molecule has 0 bridgehead atoms. The smallest absolute Gasteiger partial charge is 0.145 e. The molecule has 1 unspecified atom stereocenters. The Kier molecular flexibility index (Phi) is 5.46. The third-order valence-corrected chi connectivity index (χ3v) is 3.52. The van der Waals surface area contributed by atoms with Gasteiger partial charge < -0.3 is 14.5 Å². The first kappa shape index (κ1) is 15.4. The summed E-state index contributed by atoms with van der Waals surface area (Å²) in [5, 5.41) is 3.26. The van der Waals surface area contributed by atoms with Crippen molar-refractivity contribution in [2.75, 3.05) is 6.54 Å². The first-order valence-corrected chi connectivity index (χ1v) is 7.27. The molecular weight excluding hydrogens is 349 g/mol. The zero-order chi connectivity index (χ0) is 14.5. The number of ether oxygens (including phenoxy) is 1. The summed E-state index contributed by atoms with van der Waals surface area (Å²) in [5.41, 5.74) is 0. The van der Waals surface area contributed by atoms with E-state index in [4.69, 9.17) is 20.8 Å². The molecule has 6 heteroatoms. The first-order valence-electron chi connectivity index (χ1n) is 6.10. The molecule has 2 aromatic rings. The zero-order valence-electron chi connectivity index (χ0n) is 10.8. The quantitative estimate of drug-likeness (QED) is 0.774. The molecule has 0 saturated heterocycles. The Morgan fingerprint density at radius 3 is 3.00 bits per heavy atom. The van der Waals surface area contributed by atoms with Crippen molar-refractivity contribution in [2.24, 2.45) is 0 Å². The number of benzene rings is 1. The average Bonchev–Trinajstić information content (AvgIpc) is 2.89. The van der Waals surface area contributed by atoms with Gasteiger partial charge in [-0.15, -0.1) is 0 Å². The van der Waals surface area contributed by atoms with Crippen molar-refractivity contribution in [1.82, 2.24) is 5.32 Å². The third-order valence-electron chi connectivity index (χ3n) is 2.61. The van der Waals surface area contributed by atoms with E-state index in [2.05, 4.69) is 21.2 Å². The van der Waals surface area contributed by atoms with Crippen LogP contribution in [0, 0.1) is 5.82 Å². The summed E-state index contributed by atoms with van der Waals surface area (Å²) < 4.78 is 24.9. The van der Waals surface area contributed by atoms with Gasteiger partial charge in [0.1, 0.15) is 23.4 Å². The maximum Gasteiger partial charge on any atom is 0.145 e. The Morgan fingerprint density at radius 2 is 2.30 bits per heavy atom. The molecule has 0 amide bonds. The summed E-state index contributed by atoms with van der Waals surface area (Å²) in [6.07, 6.45) is 1.51. The fraction of sp³-hybridized carbons (Fsp3) is 0.286. The maximum absolute atomic E-state index is 13.4. The largest absolute Gasteiger partial charge is 0.488 e. The Labute approximate surface area is 130 Å². The lowest BCUT2D eigenvalue weighted by Gasteiger charge is -2.16. The van der Waals surface area contributed by atoms with Crippen molar-refractivity contribution >= 4 is 27.5 Å². The minimum absolute atomic E-state index is 0.0628. The topological polar surface area (TPSA) is 34.4 Å². The van der Waals surface area contributed by atoms with Crippen LogP contribution in [0.5, 0.6) is 5.75 Å². The van der Waals surface area contributed by atoms with Gasteiger partial charge in [-0.25, -0.2) is 4.39 Å². The molecule has 2 rings (SSSR count). The van der Waals surface area contributed by atoms with Crippen LogP contribution in [0.4, 0.5) is 4.39 Å². The second-order valence-electron chi connectivity index (χ2n) is 4.34. The summed E-state index contributed by atoms with van der Waals surface area (Å²) in [7, 11) is 0. The molecule has 0 aliphatic heterocycles. The van der Waals surface area contributed by atoms with Gasteiger partial charge in [-0.1, -0.05) is 11.6 Å². The summed E-state index contributed by atoms with van der Waals surface area (Å²) in [5.74, 6) is 0.788. The lowest BCUT2D eigenvalue weighted by atomic mass is 10.3. The van der Waals surface area contributed by atoms with E-state index in [-0.39, 0.29) is 11.1 Å². The van der Waals surface area contributed by atoms with E-state index in [9.17, 15) is 4.39 Å². The average molecular weight is 363 g/mol. The molecule has 0 spiro atoms. The minimum atomic E-state index is -0.499. The number of furan rings is 1. The molecule has 1 atom stereocenters. The summed E-state index contributed by atoms with van der Waals surface area (Å²) in [4.78, 5) is 0. The molecule has 20 heavy (non-hydrogen) atoms. The highest BCUT2D eigenvalue weighted by Crippen LogP contribution is 2.31. The normalized spacial score (nSPS) is 12.4. The van der Waals surface area contributed by atoms with Crippen molar-refractivity contribution in [1.29, 1.82) is 0 Å². The van der Waals surface area contributed by atoms with Gasteiger partial charge in [0.2, 0.25) is 0 Å². The van der Waals surface area contributed by atoms with Gasteiger partial charge in [-0.05, 0) is 41.1 Å². The van der Waals surface area contributed by atoms with Crippen LogP contribution in [-0.2, 0) is 6.54 Å². The van der Waals surface area contributed by atoms with E-state index >= 15 is 0 Å². The molecule has 0 radical (unpaired) electrons. The van der Waals surface area contributed by atoms with Crippen molar-refractivity contribution < 1.29 is 13.5 Å². The summed E-state index contributed by atoms with van der Waals surface area (Å²) in [6.45, 7) is 3.13. The Bertz CT molecular complexity index is 563.